The third-order valence-electron chi connectivity index (χ3n) is 13.0. The first-order valence-electron chi connectivity index (χ1n) is 20.4. The maximum atomic E-state index is 2.57. The van der Waals surface area contributed by atoms with Gasteiger partial charge in [0, 0.05) is 27.3 Å². The van der Waals surface area contributed by atoms with E-state index in [0.29, 0.717) is 0 Å². The topological polar surface area (TPSA) is 6.48 Å². The lowest BCUT2D eigenvalue weighted by Crippen LogP contribution is -2.32. The van der Waals surface area contributed by atoms with Crippen LogP contribution in [0.5, 0.6) is 0 Å². The highest BCUT2D eigenvalue weighted by Gasteiger charge is 2.41. The lowest BCUT2D eigenvalue weighted by molar-refractivity contribution is 0.633. The van der Waals surface area contributed by atoms with Crippen LogP contribution < -0.4 is 9.80 Å². The van der Waals surface area contributed by atoms with Gasteiger partial charge < -0.3 is 9.80 Å². The minimum atomic E-state index is -0.296. The van der Waals surface area contributed by atoms with Gasteiger partial charge in [0.25, 0.3) is 0 Å². The summed E-state index contributed by atoms with van der Waals surface area (Å²) in [7, 11) is 0. The van der Waals surface area contributed by atoms with Gasteiger partial charge in [-0.05, 0) is 97.7 Å². The normalized spacial score (nSPS) is 14.4. The summed E-state index contributed by atoms with van der Waals surface area (Å²) in [6, 6.07) is 71.9. The molecule has 0 amide bonds. The second-order valence-corrected chi connectivity index (χ2v) is 16.9. The second-order valence-electron chi connectivity index (χ2n) is 16.9. The third-order valence-corrected chi connectivity index (χ3v) is 13.0. The van der Waals surface area contributed by atoms with Gasteiger partial charge in [-0.15, -0.1) is 0 Å². The van der Waals surface area contributed by atoms with Gasteiger partial charge in [0.2, 0.25) is 0 Å². The van der Waals surface area contributed by atoms with Gasteiger partial charge in [-0.25, -0.2) is 0 Å². The van der Waals surface area contributed by atoms with Crippen molar-refractivity contribution in [3.05, 3.63) is 216 Å². The molecule has 278 valence electrons. The summed E-state index contributed by atoms with van der Waals surface area (Å²) >= 11 is 0. The lowest BCUT2D eigenvalue weighted by Gasteiger charge is -2.44. The summed E-state index contributed by atoms with van der Waals surface area (Å²) in [5.41, 5.74) is 17.2. The van der Waals surface area contributed by atoms with Crippen molar-refractivity contribution >= 4 is 55.7 Å². The average molecular weight is 745 g/mol. The first-order valence-corrected chi connectivity index (χ1v) is 20.4. The minimum absolute atomic E-state index is 0.0920. The van der Waals surface area contributed by atoms with Crippen LogP contribution in [0.25, 0.3) is 43.8 Å². The van der Waals surface area contributed by atoms with Crippen molar-refractivity contribution in [1.82, 2.24) is 0 Å². The molecule has 1 heterocycles. The molecule has 0 atom stereocenters. The van der Waals surface area contributed by atoms with Crippen molar-refractivity contribution in [3.8, 4) is 22.3 Å². The fourth-order valence-corrected chi connectivity index (χ4v) is 10.2. The number of benzene rings is 9. The smallest absolute Gasteiger partial charge is 0.0781 e. The third kappa shape index (κ3) is 4.98. The fourth-order valence-electron chi connectivity index (χ4n) is 10.2. The maximum absolute atomic E-state index is 2.57. The summed E-state index contributed by atoms with van der Waals surface area (Å²) in [5.74, 6) is 0. The molecule has 1 aliphatic carbocycles. The molecular formula is C56H44N2. The molecule has 0 aromatic heterocycles. The van der Waals surface area contributed by atoms with E-state index in [2.05, 4.69) is 232 Å². The summed E-state index contributed by atoms with van der Waals surface area (Å²) in [6.07, 6.45) is 0. The highest BCUT2D eigenvalue weighted by atomic mass is 15.2. The summed E-state index contributed by atoms with van der Waals surface area (Å²) in [4.78, 5) is 5.04. The predicted octanol–water partition coefficient (Wildman–Crippen LogP) is 15.5. The van der Waals surface area contributed by atoms with E-state index in [4.69, 9.17) is 0 Å². The molecule has 2 heteroatoms. The Kier molecular flexibility index (Phi) is 7.59. The van der Waals surface area contributed by atoms with Gasteiger partial charge >= 0.3 is 0 Å². The highest BCUT2D eigenvalue weighted by Crippen LogP contribution is 2.59. The Morgan fingerprint density at radius 1 is 0.397 bits per heavy atom. The molecule has 1 aliphatic heterocycles. The number of hydrogen-bond donors (Lipinski definition) is 0. The van der Waals surface area contributed by atoms with E-state index in [-0.39, 0.29) is 10.8 Å². The van der Waals surface area contributed by atoms with Gasteiger partial charge in [-0.3, -0.25) is 0 Å². The molecule has 9 aromatic rings. The van der Waals surface area contributed by atoms with Crippen molar-refractivity contribution < 1.29 is 0 Å². The molecule has 0 radical (unpaired) electrons. The van der Waals surface area contributed by atoms with Gasteiger partial charge in [-0.2, -0.15) is 0 Å². The number of nitrogens with zero attached hydrogens (tertiary/aromatic N) is 2. The minimum Gasteiger partial charge on any atom is -0.308 e. The van der Waals surface area contributed by atoms with E-state index in [0.717, 1.165) is 22.7 Å². The maximum Gasteiger partial charge on any atom is 0.0781 e. The number of rotatable bonds is 5. The first-order chi connectivity index (χ1) is 28.3. The van der Waals surface area contributed by atoms with Crippen LogP contribution in [0.2, 0.25) is 0 Å². The SMILES string of the molecule is CC1(C)c2ccccc2-c2ccc(-c3cccc4c3C(C)(C)c3ccccc3N4c3c(N(c4ccccc4)c4cccc5ccccc45)ccc4ccccc34)cc21. The van der Waals surface area contributed by atoms with Gasteiger partial charge in [0.05, 0.1) is 28.4 Å². The molecule has 0 spiro atoms. The lowest BCUT2D eigenvalue weighted by atomic mass is 9.70. The van der Waals surface area contributed by atoms with E-state index in [1.165, 1.54) is 77.4 Å². The van der Waals surface area contributed by atoms with Crippen LogP contribution in [0, 0.1) is 0 Å². The van der Waals surface area contributed by atoms with Crippen LogP contribution >= 0.6 is 0 Å². The first kappa shape index (κ1) is 34.4. The Labute approximate surface area is 341 Å². The van der Waals surface area contributed by atoms with Gasteiger partial charge in [-0.1, -0.05) is 179 Å². The molecule has 58 heavy (non-hydrogen) atoms. The van der Waals surface area contributed by atoms with Crippen LogP contribution in [0.4, 0.5) is 34.1 Å². The molecule has 0 saturated carbocycles. The fraction of sp³-hybridized carbons (Fsp3) is 0.107. The molecule has 0 saturated heterocycles. The Bertz CT molecular complexity index is 3080. The average Bonchev–Trinajstić information content (AvgIpc) is 3.49. The van der Waals surface area contributed by atoms with E-state index in [1.807, 2.05) is 0 Å². The van der Waals surface area contributed by atoms with Crippen molar-refractivity contribution in [2.24, 2.45) is 0 Å². The van der Waals surface area contributed by atoms with Crippen molar-refractivity contribution in [3.63, 3.8) is 0 Å². The molecule has 0 bridgehead atoms. The van der Waals surface area contributed by atoms with Crippen molar-refractivity contribution in [2.75, 3.05) is 9.80 Å². The second kappa shape index (κ2) is 12.8. The zero-order chi connectivity index (χ0) is 39.2. The molecule has 2 aliphatic rings. The van der Waals surface area contributed by atoms with Crippen LogP contribution in [0.15, 0.2) is 194 Å². The van der Waals surface area contributed by atoms with Crippen LogP contribution in [-0.4, -0.2) is 0 Å². The van der Waals surface area contributed by atoms with Crippen LogP contribution in [0.1, 0.15) is 49.9 Å². The molecule has 2 nitrogen and oxygen atoms in total. The monoisotopic (exact) mass is 744 g/mol. The van der Waals surface area contributed by atoms with Crippen molar-refractivity contribution in [1.29, 1.82) is 0 Å². The quantitative estimate of drug-likeness (QED) is 0.173. The molecule has 11 rings (SSSR count). The van der Waals surface area contributed by atoms with E-state index < -0.39 is 0 Å². The Morgan fingerprint density at radius 2 is 1.00 bits per heavy atom. The predicted molar refractivity (Wildman–Crippen MR) is 246 cm³/mol. The Morgan fingerprint density at radius 3 is 1.83 bits per heavy atom. The molecule has 0 fully saturated rings. The Balaban J connectivity index is 1.21. The largest absolute Gasteiger partial charge is 0.308 e. The standard InChI is InChI=1S/C56H44N2/c1-55(2)46-27-13-12-25-44(46)45-34-32-39(36-48(45)55)42-26-17-31-51-53(42)56(3,4)47-28-14-15-29-50(47)58(51)54-43-24-11-9-19-38(43)33-35-52(54)57(40-21-6-5-7-22-40)49-30-16-20-37-18-8-10-23-41(37)49/h5-36H,1-4H3. The summed E-state index contributed by atoms with van der Waals surface area (Å²) in [6.45, 7) is 9.57. The number of anilines is 6. The number of hydrogen-bond acceptors (Lipinski definition) is 2. The molecular weight excluding hydrogens is 701 g/mol. The summed E-state index contributed by atoms with van der Waals surface area (Å²) in [5, 5.41) is 4.82. The van der Waals surface area contributed by atoms with Crippen LogP contribution in [0.3, 0.4) is 0 Å². The van der Waals surface area contributed by atoms with Crippen LogP contribution in [-0.2, 0) is 10.8 Å². The van der Waals surface area contributed by atoms with E-state index in [1.54, 1.807) is 0 Å². The number of fused-ring (bicyclic) bond motifs is 7. The van der Waals surface area contributed by atoms with E-state index >= 15 is 0 Å². The van der Waals surface area contributed by atoms with Gasteiger partial charge in [0.1, 0.15) is 0 Å². The summed E-state index contributed by atoms with van der Waals surface area (Å²) < 4.78 is 0. The Hall–Kier alpha value is -6.90. The van der Waals surface area contributed by atoms with Gasteiger partial charge in [0.15, 0.2) is 0 Å². The molecule has 0 unspecified atom stereocenters. The number of para-hydroxylation sites is 2. The van der Waals surface area contributed by atoms with Crippen molar-refractivity contribution in [2.45, 2.75) is 38.5 Å². The molecule has 9 aromatic carbocycles. The zero-order valence-electron chi connectivity index (χ0n) is 33.4. The zero-order valence-corrected chi connectivity index (χ0v) is 33.4. The highest BCUT2D eigenvalue weighted by molar-refractivity contribution is 6.11. The molecule has 0 N–H and O–H groups in total. The van der Waals surface area contributed by atoms with E-state index in [9.17, 15) is 0 Å².